The first-order valence-corrected chi connectivity index (χ1v) is 10.7. The molecule has 33 heavy (non-hydrogen) atoms. The van der Waals surface area contributed by atoms with E-state index < -0.39 is 29.1 Å². The van der Waals surface area contributed by atoms with Gasteiger partial charge in [-0.3, -0.25) is 4.79 Å². The molecule has 0 aliphatic carbocycles. The fourth-order valence-corrected chi connectivity index (χ4v) is 3.81. The molecule has 0 aliphatic rings. The molecule has 1 atom stereocenters. The number of aromatic hydroxyl groups is 1. The first-order valence-electron chi connectivity index (χ1n) is 10.7. The molecule has 0 aliphatic heterocycles. The number of anilines is 1. The van der Waals surface area contributed by atoms with E-state index in [9.17, 15) is 24.6 Å². The van der Waals surface area contributed by atoms with Gasteiger partial charge in [-0.05, 0) is 57.0 Å². The van der Waals surface area contributed by atoms with Gasteiger partial charge in [0.1, 0.15) is 17.4 Å². The summed E-state index contributed by atoms with van der Waals surface area (Å²) in [5.74, 6) is -1.12. The van der Waals surface area contributed by atoms with E-state index in [0.29, 0.717) is 28.6 Å². The number of nitrogens with one attached hydrogen (secondary N) is 1. The van der Waals surface area contributed by atoms with Gasteiger partial charge in [0.05, 0.1) is 17.5 Å². The highest BCUT2D eigenvalue weighted by molar-refractivity contribution is 5.94. The van der Waals surface area contributed by atoms with Crippen molar-refractivity contribution in [3.05, 3.63) is 70.1 Å². The van der Waals surface area contributed by atoms with Gasteiger partial charge in [0.2, 0.25) is 5.91 Å². The highest BCUT2D eigenvalue weighted by Crippen LogP contribution is 2.36. The molecule has 0 spiro atoms. The van der Waals surface area contributed by atoms with E-state index >= 15 is 0 Å². The first kappa shape index (κ1) is 23.8. The zero-order chi connectivity index (χ0) is 24.3. The summed E-state index contributed by atoms with van der Waals surface area (Å²) in [5, 5.41) is 25.4. The van der Waals surface area contributed by atoms with Gasteiger partial charge in [-0.25, -0.2) is 4.79 Å². The summed E-state index contributed by atoms with van der Waals surface area (Å²) in [5.41, 5.74) is 0.162. The summed E-state index contributed by atoms with van der Waals surface area (Å²) >= 11 is 0. The van der Waals surface area contributed by atoms with Crippen LogP contribution in [-0.4, -0.2) is 34.1 Å². The number of nitrogens with zero attached hydrogens (tertiary/aromatic N) is 1. The Morgan fingerprint density at radius 3 is 2.48 bits per heavy atom. The maximum atomic E-state index is 12.7. The van der Waals surface area contributed by atoms with Gasteiger partial charge in [0, 0.05) is 17.1 Å². The summed E-state index contributed by atoms with van der Waals surface area (Å²) in [6.45, 7) is 6.51. The molecule has 2 N–H and O–H groups in total. The second-order valence-electron chi connectivity index (χ2n) is 8.81. The first-order chi connectivity index (χ1) is 15.5. The highest BCUT2D eigenvalue weighted by Gasteiger charge is 2.25. The Morgan fingerprint density at radius 1 is 1.15 bits per heavy atom. The molecule has 1 unspecified atom stereocenters. The van der Waals surface area contributed by atoms with Crippen LogP contribution >= 0.6 is 0 Å². The molecule has 174 valence electrons. The summed E-state index contributed by atoms with van der Waals surface area (Å²) in [6, 6.07) is 13.6. The van der Waals surface area contributed by atoms with Gasteiger partial charge in [-0.2, -0.15) is 0 Å². The van der Waals surface area contributed by atoms with E-state index in [1.165, 1.54) is 0 Å². The van der Waals surface area contributed by atoms with Crippen molar-refractivity contribution >= 4 is 28.7 Å². The molecule has 8 nitrogen and oxygen atoms in total. The lowest BCUT2D eigenvalue weighted by Gasteiger charge is -2.37. The number of benzene rings is 2. The Labute approximate surface area is 191 Å². The molecule has 0 fully saturated rings. The third-order valence-electron chi connectivity index (χ3n) is 5.48. The van der Waals surface area contributed by atoms with Crippen LogP contribution in [0.2, 0.25) is 0 Å². The van der Waals surface area contributed by atoms with Crippen molar-refractivity contribution in [3.8, 4) is 5.75 Å². The van der Waals surface area contributed by atoms with E-state index in [1.54, 1.807) is 69.3 Å². The van der Waals surface area contributed by atoms with Gasteiger partial charge < -0.3 is 29.6 Å². The lowest BCUT2D eigenvalue weighted by atomic mass is 9.88. The predicted molar refractivity (Wildman–Crippen MR) is 123 cm³/mol. The van der Waals surface area contributed by atoms with E-state index in [1.807, 2.05) is 6.92 Å². The largest absolute Gasteiger partial charge is 0.530 e. The SMILES string of the molecule is CCC(c1cccc(NC(=O)CN(C(=O)[O-])C(C)(C)C)c1)c1c(O)c2ccccc2oc1=O. The summed E-state index contributed by atoms with van der Waals surface area (Å²) < 4.78 is 5.42. The van der Waals surface area contributed by atoms with E-state index in [-0.39, 0.29) is 17.9 Å². The minimum atomic E-state index is -1.43. The Morgan fingerprint density at radius 2 is 1.85 bits per heavy atom. The minimum absolute atomic E-state index is 0.127. The fourth-order valence-electron chi connectivity index (χ4n) is 3.81. The zero-order valence-electron chi connectivity index (χ0n) is 19.0. The monoisotopic (exact) mass is 451 g/mol. The molecule has 2 aromatic carbocycles. The molecule has 0 radical (unpaired) electrons. The number of amides is 2. The molecule has 0 saturated carbocycles. The van der Waals surface area contributed by atoms with Crippen molar-refractivity contribution in [3.63, 3.8) is 0 Å². The topological polar surface area (TPSA) is 123 Å². The van der Waals surface area contributed by atoms with E-state index in [2.05, 4.69) is 5.32 Å². The van der Waals surface area contributed by atoms with Crippen LogP contribution in [-0.2, 0) is 4.79 Å². The molecule has 3 rings (SSSR count). The standard InChI is InChI=1S/C25H28N2O6/c1-5-17(21-22(29)18-11-6-7-12-19(18)33-23(21)30)15-9-8-10-16(13-15)26-20(28)14-27(24(31)32)25(2,3)4/h6-13,17,29H,5,14H2,1-4H3,(H,26,28)(H,31,32)/p-1. The molecule has 3 aromatic rings. The average molecular weight is 451 g/mol. The van der Waals surface area contributed by atoms with E-state index in [4.69, 9.17) is 4.42 Å². The molecule has 0 saturated heterocycles. The molecule has 8 heteroatoms. The number of carboxylic acid groups (broad SMARTS) is 1. The van der Waals surface area contributed by atoms with Crippen molar-refractivity contribution in [2.75, 3.05) is 11.9 Å². The van der Waals surface area contributed by atoms with Crippen LogP contribution in [0.4, 0.5) is 10.5 Å². The van der Waals surface area contributed by atoms with Crippen LogP contribution < -0.4 is 16.0 Å². The molecule has 2 amide bonds. The van der Waals surface area contributed by atoms with Crippen molar-refractivity contribution in [2.45, 2.75) is 45.6 Å². The molecular formula is C25H27N2O6-. The molecule has 0 bridgehead atoms. The second-order valence-corrected chi connectivity index (χ2v) is 8.81. The minimum Gasteiger partial charge on any atom is -0.530 e. The lowest BCUT2D eigenvalue weighted by Crippen LogP contribution is -2.54. The second kappa shape index (κ2) is 9.36. The van der Waals surface area contributed by atoms with Gasteiger partial charge >= 0.3 is 5.63 Å². The van der Waals surface area contributed by atoms with Crippen LogP contribution in [0, 0.1) is 0 Å². The quantitative estimate of drug-likeness (QED) is 0.554. The number of rotatable bonds is 6. The van der Waals surface area contributed by atoms with Crippen LogP contribution in [0.15, 0.2) is 57.7 Å². The summed E-state index contributed by atoms with van der Waals surface area (Å²) in [4.78, 5) is 37.6. The lowest BCUT2D eigenvalue weighted by molar-refractivity contribution is -0.270. The molecule has 1 aromatic heterocycles. The number of hydrogen-bond donors (Lipinski definition) is 2. The Balaban J connectivity index is 1.91. The van der Waals surface area contributed by atoms with Gasteiger partial charge in [0.25, 0.3) is 0 Å². The van der Waals surface area contributed by atoms with Crippen LogP contribution in [0.25, 0.3) is 11.0 Å². The molecule has 1 heterocycles. The third kappa shape index (κ3) is 5.16. The van der Waals surface area contributed by atoms with Crippen LogP contribution in [0.3, 0.4) is 0 Å². The van der Waals surface area contributed by atoms with Crippen LogP contribution in [0.5, 0.6) is 5.75 Å². The Kier molecular flexibility index (Phi) is 6.76. The smallest absolute Gasteiger partial charge is 0.343 e. The Bertz CT molecular complexity index is 1240. The number of para-hydroxylation sites is 1. The number of fused-ring (bicyclic) bond motifs is 1. The summed E-state index contributed by atoms with van der Waals surface area (Å²) in [7, 11) is 0. The number of carbonyl (C=O) groups is 2. The fraction of sp³-hybridized carbons (Fsp3) is 0.320. The summed E-state index contributed by atoms with van der Waals surface area (Å²) in [6.07, 6.45) is -0.938. The van der Waals surface area contributed by atoms with Crippen molar-refractivity contribution in [1.29, 1.82) is 0 Å². The normalized spacial score (nSPS) is 12.4. The molecular weight excluding hydrogens is 424 g/mol. The van der Waals surface area contributed by atoms with E-state index in [0.717, 1.165) is 4.90 Å². The van der Waals surface area contributed by atoms with Crippen LogP contribution in [0.1, 0.15) is 51.2 Å². The van der Waals surface area contributed by atoms with Gasteiger partial charge in [0.15, 0.2) is 0 Å². The number of hydrogen-bond acceptors (Lipinski definition) is 6. The Hall–Kier alpha value is -3.81. The average Bonchev–Trinajstić information content (AvgIpc) is 2.74. The number of carbonyl (C=O) groups excluding carboxylic acids is 2. The van der Waals surface area contributed by atoms with Gasteiger partial charge in [-0.1, -0.05) is 31.2 Å². The predicted octanol–water partition coefficient (Wildman–Crippen LogP) is 3.42. The van der Waals surface area contributed by atoms with Gasteiger partial charge in [-0.15, -0.1) is 0 Å². The zero-order valence-corrected chi connectivity index (χ0v) is 19.0. The maximum absolute atomic E-state index is 12.7. The highest BCUT2D eigenvalue weighted by atomic mass is 16.4. The van der Waals surface area contributed by atoms with Crippen molar-refractivity contribution < 1.29 is 24.2 Å². The third-order valence-corrected chi connectivity index (χ3v) is 5.48. The maximum Gasteiger partial charge on any atom is 0.343 e. The van der Waals surface area contributed by atoms with Crippen molar-refractivity contribution in [1.82, 2.24) is 4.90 Å². The van der Waals surface area contributed by atoms with Crippen molar-refractivity contribution in [2.24, 2.45) is 0 Å².